The van der Waals surface area contributed by atoms with Gasteiger partial charge in [-0.1, -0.05) is 0 Å². The quantitative estimate of drug-likeness (QED) is 0.753. The van der Waals surface area contributed by atoms with Gasteiger partial charge in [0.15, 0.2) is 0 Å². The third-order valence-corrected chi connectivity index (χ3v) is 5.46. The molecule has 0 amide bonds. The first-order chi connectivity index (χ1) is 9.59. The highest BCUT2D eigenvalue weighted by Gasteiger charge is 2.32. The van der Waals surface area contributed by atoms with E-state index in [0.29, 0.717) is 0 Å². The second kappa shape index (κ2) is 5.54. The number of aliphatic hydroxyl groups excluding tert-OH is 1. The molecule has 3 rings (SSSR count). The van der Waals surface area contributed by atoms with Crippen molar-refractivity contribution in [3.8, 4) is 0 Å². The van der Waals surface area contributed by atoms with Gasteiger partial charge in [0.1, 0.15) is 11.6 Å². The van der Waals surface area contributed by atoms with Crippen molar-refractivity contribution in [2.75, 3.05) is 0 Å². The summed E-state index contributed by atoms with van der Waals surface area (Å²) in [6.45, 7) is 0. The van der Waals surface area contributed by atoms with Gasteiger partial charge >= 0.3 is 0 Å². The predicted molar refractivity (Wildman–Crippen MR) is 79.0 cm³/mol. The molecule has 0 fully saturated rings. The SMILES string of the molecule is OC(c1c(F)ccc(Br)c1F)C1CCCc2sccc21. The largest absolute Gasteiger partial charge is 0.388 e. The number of hydrogen-bond donors (Lipinski definition) is 1. The third-order valence-electron chi connectivity index (χ3n) is 3.85. The Morgan fingerprint density at radius 2 is 2.10 bits per heavy atom. The second-order valence-corrected chi connectivity index (χ2v) is 6.85. The molecule has 0 saturated heterocycles. The summed E-state index contributed by atoms with van der Waals surface area (Å²) in [6.07, 6.45) is 1.52. The van der Waals surface area contributed by atoms with Crippen molar-refractivity contribution in [1.29, 1.82) is 0 Å². The van der Waals surface area contributed by atoms with E-state index in [0.717, 1.165) is 24.8 Å². The van der Waals surface area contributed by atoms with E-state index in [1.807, 2.05) is 11.4 Å². The lowest BCUT2D eigenvalue weighted by molar-refractivity contribution is 0.128. The van der Waals surface area contributed by atoms with Crippen LogP contribution in [0.15, 0.2) is 28.1 Å². The Balaban J connectivity index is 2.03. The fraction of sp³-hybridized carbons (Fsp3) is 0.333. The van der Waals surface area contributed by atoms with E-state index in [4.69, 9.17) is 0 Å². The Hall–Kier alpha value is -0.780. The van der Waals surface area contributed by atoms with Crippen molar-refractivity contribution < 1.29 is 13.9 Å². The van der Waals surface area contributed by atoms with Gasteiger partial charge in [0, 0.05) is 10.8 Å². The van der Waals surface area contributed by atoms with Gasteiger partial charge in [0.2, 0.25) is 0 Å². The normalized spacial score (nSPS) is 19.7. The van der Waals surface area contributed by atoms with Crippen LogP contribution in [0.3, 0.4) is 0 Å². The molecule has 1 nitrogen and oxygen atoms in total. The van der Waals surface area contributed by atoms with Crippen LogP contribution in [-0.4, -0.2) is 5.11 Å². The van der Waals surface area contributed by atoms with Crippen LogP contribution in [0.1, 0.15) is 40.9 Å². The predicted octanol–water partition coefficient (Wildman–Crippen LogP) is 4.94. The molecular weight excluding hydrogens is 346 g/mol. The monoisotopic (exact) mass is 358 g/mol. The van der Waals surface area contributed by atoms with Crippen molar-refractivity contribution in [1.82, 2.24) is 0 Å². The lowest BCUT2D eigenvalue weighted by Crippen LogP contribution is -2.18. The van der Waals surface area contributed by atoms with Gasteiger partial charge in [0.05, 0.1) is 16.1 Å². The molecule has 20 heavy (non-hydrogen) atoms. The van der Waals surface area contributed by atoms with Crippen LogP contribution >= 0.6 is 27.3 Å². The molecule has 0 saturated carbocycles. The lowest BCUT2D eigenvalue weighted by Gasteiger charge is -2.28. The Kier molecular flexibility index (Phi) is 3.93. The summed E-state index contributed by atoms with van der Waals surface area (Å²) in [5.41, 5.74) is 0.802. The minimum atomic E-state index is -1.15. The summed E-state index contributed by atoms with van der Waals surface area (Å²) in [6, 6.07) is 4.46. The van der Waals surface area contributed by atoms with Gasteiger partial charge in [0.25, 0.3) is 0 Å². The van der Waals surface area contributed by atoms with E-state index in [1.54, 1.807) is 11.3 Å². The maximum atomic E-state index is 14.1. The molecule has 1 aliphatic rings. The van der Waals surface area contributed by atoms with E-state index in [9.17, 15) is 13.9 Å². The van der Waals surface area contributed by atoms with Crippen LogP contribution < -0.4 is 0 Å². The summed E-state index contributed by atoms with van der Waals surface area (Å²) in [5, 5.41) is 12.5. The molecule has 2 unspecified atom stereocenters. The molecule has 1 aromatic heterocycles. The van der Waals surface area contributed by atoms with Gasteiger partial charge in [-0.25, -0.2) is 8.78 Å². The average molecular weight is 359 g/mol. The Morgan fingerprint density at radius 1 is 1.30 bits per heavy atom. The van der Waals surface area contributed by atoms with Gasteiger partial charge in [-0.05, 0) is 64.3 Å². The van der Waals surface area contributed by atoms with Crippen molar-refractivity contribution >= 4 is 27.3 Å². The molecular formula is C15H13BrF2OS. The first kappa shape index (κ1) is 14.2. The van der Waals surface area contributed by atoms with E-state index in [2.05, 4.69) is 15.9 Å². The molecule has 106 valence electrons. The van der Waals surface area contributed by atoms with Crippen LogP contribution in [0, 0.1) is 11.6 Å². The lowest BCUT2D eigenvalue weighted by atomic mass is 9.81. The molecule has 2 atom stereocenters. The molecule has 1 aliphatic carbocycles. The zero-order chi connectivity index (χ0) is 14.3. The van der Waals surface area contributed by atoms with Crippen molar-refractivity contribution in [3.05, 3.63) is 55.7 Å². The minimum Gasteiger partial charge on any atom is -0.388 e. The van der Waals surface area contributed by atoms with Crippen molar-refractivity contribution in [2.45, 2.75) is 31.3 Å². The van der Waals surface area contributed by atoms with Crippen molar-refractivity contribution in [3.63, 3.8) is 0 Å². The zero-order valence-electron chi connectivity index (χ0n) is 10.6. The van der Waals surface area contributed by atoms with Crippen LogP contribution in [0.25, 0.3) is 0 Å². The van der Waals surface area contributed by atoms with E-state index >= 15 is 0 Å². The molecule has 1 N–H and O–H groups in total. The number of benzene rings is 1. The number of halogens is 3. The third kappa shape index (κ3) is 2.32. The smallest absolute Gasteiger partial charge is 0.146 e. The fourth-order valence-electron chi connectivity index (χ4n) is 2.87. The average Bonchev–Trinajstić information content (AvgIpc) is 2.91. The summed E-state index contributed by atoms with van der Waals surface area (Å²) < 4.78 is 28.2. The van der Waals surface area contributed by atoms with E-state index in [1.165, 1.54) is 17.0 Å². The highest BCUT2D eigenvalue weighted by atomic mass is 79.9. The molecule has 1 aromatic carbocycles. The number of rotatable bonds is 2. The molecule has 0 aliphatic heterocycles. The van der Waals surface area contributed by atoms with E-state index < -0.39 is 17.7 Å². The standard InChI is InChI=1S/C15H13BrF2OS/c16-10-4-5-11(17)13(14(10)18)15(19)9-2-1-3-12-8(9)6-7-20-12/h4-7,9,15,19H,1-3H2. The van der Waals surface area contributed by atoms with Crippen LogP contribution in [0.4, 0.5) is 8.78 Å². The Labute approximate surface area is 128 Å². The molecule has 2 aromatic rings. The van der Waals surface area contributed by atoms with Crippen LogP contribution in [0.2, 0.25) is 0 Å². The number of aryl methyl sites for hydroxylation is 1. The molecule has 0 radical (unpaired) electrons. The zero-order valence-corrected chi connectivity index (χ0v) is 13.0. The molecule has 1 heterocycles. The molecule has 5 heteroatoms. The van der Waals surface area contributed by atoms with Crippen LogP contribution in [-0.2, 0) is 6.42 Å². The highest BCUT2D eigenvalue weighted by molar-refractivity contribution is 9.10. The van der Waals surface area contributed by atoms with Gasteiger partial charge in [-0.15, -0.1) is 11.3 Å². The second-order valence-electron chi connectivity index (χ2n) is 5.00. The van der Waals surface area contributed by atoms with Gasteiger partial charge in [-0.2, -0.15) is 0 Å². The fourth-order valence-corrected chi connectivity index (χ4v) is 4.21. The highest BCUT2D eigenvalue weighted by Crippen LogP contribution is 2.43. The molecule has 0 spiro atoms. The summed E-state index contributed by atoms with van der Waals surface area (Å²) in [4.78, 5) is 1.22. The number of hydrogen-bond acceptors (Lipinski definition) is 2. The first-order valence-electron chi connectivity index (χ1n) is 6.47. The van der Waals surface area contributed by atoms with Gasteiger partial charge < -0.3 is 5.11 Å². The van der Waals surface area contributed by atoms with E-state index in [-0.39, 0.29) is 16.0 Å². The summed E-state index contributed by atoms with van der Waals surface area (Å²) in [7, 11) is 0. The minimum absolute atomic E-state index is 0.175. The topological polar surface area (TPSA) is 20.2 Å². The maximum Gasteiger partial charge on any atom is 0.146 e. The Bertz CT molecular complexity index is 641. The molecule has 0 bridgehead atoms. The number of thiophene rings is 1. The summed E-state index contributed by atoms with van der Waals surface area (Å²) in [5.74, 6) is -1.64. The van der Waals surface area contributed by atoms with Crippen molar-refractivity contribution in [2.24, 2.45) is 0 Å². The number of fused-ring (bicyclic) bond motifs is 1. The number of aliphatic hydroxyl groups is 1. The Morgan fingerprint density at radius 3 is 2.90 bits per heavy atom. The van der Waals surface area contributed by atoms with Gasteiger partial charge in [-0.3, -0.25) is 0 Å². The van der Waals surface area contributed by atoms with Crippen LogP contribution in [0.5, 0.6) is 0 Å². The first-order valence-corrected chi connectivity index (χ1v) is 8.14. The summed E-state index contributed by atoms with van der Waals surface area (Å²) >= 11 is 4.69. The maximum absolute atomic E-state index is 14.1.